The van der Waals surface area contributed by atoms with Gasteiger partial charge < -0.3 is 5.32 Å². The van der Waals surface area contributed by atoms with E-state index in [4.69, 9.17) is 0 Å². The second-order valence-corrected chi connectivity index (χ2v) is 7.27. The van der Waals surface area contributed by atoms with E-state index in [9.17, 15) is 9.59 Å². The first kappa shape index (κ1) is 18.1. The molecule has 3 rings (SSSR count). The van der Waals surface area contributed by atoms with Crippen molar-refractivity contribution in [2.75, 3.05) is 6.54 Å². The molecular weight excluding hydrogens is 346 g/mol. The van der Waals surface area contributed by atoms with Crippen molar-refractivity contribution >= 4 is 23.0 Å². The zero-order chi connectivity index (χ0) is 18.5. The lowest BCUT2D eigenvalue weighted by atomic mass is 10.1. The molecule has 0 saturated heterocycles. The summed E-state index contributed by atoms with van der Waals surface area (Å²) in [6, 6.07) is 11.2. The Morgan fingerprint density at radius 1 is 1.23 bits per heavy atom. The Kier molecular flexibility index (Phi) is 5.63. The van der Waals surface area contributed by atoms with Gasteiger partial charge in [-0.1, -0.05) is 12.1 Å². The minimum atomic E-state index is -0.0821. The number of carbonyl (C=O) groups is 2. The molecule has 1 N–H and O–H groups in total. The fourth-order valence-corrected chi connectivity index (χ4v) is 3.59. The summed E-state index contributed by atoms with van der Waals surface area (Å²) in [4.78, 5) is 25.6. The molecule has 6 heteroatoms. The van der Waals surface area contributed by atoms with Crippen LogP contribution in [0.15, 0.2) is 48.8 Å². The lowest BCUT2D eigenvalue weighted by molar-refractivity contribution is 0.0952. The lowest BCUT2D eigenvalue weighted by Gasteiger charge is -2.06. The van der Waals surface area contributed by atoms with Crippen LogP contribution >= 0.6 is 11.3 Å². The van der Waals surface area contributed by atoms with Crippen molar-refractivity contribution in [3.63, 3.8) is 0 Å². The molecule has 0 aliphatic heterocycles. The highest BCUT2D eigenvalue weighted by molar-refractivity contribution is 7.17. The molecule has 2 heterocycles. The highest BCUT2D eigenvalue weighted by Crippen LogP contribution is 2.28. The molecule has 3 aromatic rings. The molecule has 0 fully saturated rings. The fourth-order valence-electron chi connectivity index (χ4n) is 2.69. The van der Waals surface area contributed by atoms with E-state index in [1.165, 1.54) is 16.9 Å². The van der Waals surface area contributed by atoms with Gasteiger partial charge in [0, 0.05) is 30.2 Å². The monoisotopic (exact) mass is 367 g/mol. The normalized spacial score (nSPS) is 10.7. The van der Waals surface area contributed by atoms with Crippen LogP contribution in [0, 0.1) is 0 Å². The fraction of sp³-hybridized carbons (Fsp3) is 0.250. The third-order valence-electron chi connectivity index (χ3n) is 4.05. The second kappa shape index (κ2) is 8.10. The van der Waals surface area contributed by atoms with Gasteiger partial charge in [0.1, 0.15) is 0 Å². The summed E-state index contributed by atoms with van der Waals surface area (Å²) >= 11 is 1.45. The molecule has 0 spiro atoms. The zero-order valence-electron chi connectivity index (χ0n) is 14.9. The Morgan fingerprint density at radius 2 is 2.08 bits per heavy atom. The summed E-state index contributed by atoms with van der Waals surface area (Å²) in [5, 5.41) is 7.10. The van der Waals surface area contributed by atoms with Crippen LogP contribution in [0.5, 0.6) is 0 Å². The minimum Gasteiger partial charge on any atom is -0.352 e. The van der Waals surface area contributed by atoms with E-state index in [-0.39, 0.29) is 11.7 Å². The molecular formula is C20H21N3O2S. The van der Waals surface area contributed by atoms with Gasteiger partial charge in [0.2, 0.25) is 0 Å². The predicted molar refractivity (Wildman–Crippen MR) is 104 cm³/mol. The summed E-state index contributed by atoms with van der Waals surface area (Å²) in [6.45, 7) is 2.18. The number of hydrogen-bond acceptors (Lipinski definition) is 4. The van der Waals surface area contributed by atoms with Crippen LogP contribution in [0.1, 0.15) is 38.9 Å². The number of ketones is 1. The van der Waals surface area contributed by atoms with Gasteiger partial charge in [-0.15, -0.1) is 11.3 Å². The van der Waals surface area contributed by atoms with Gasteiger partial charge in [0.05, 0.1) is 11.1 Å². The van der Waals surface area contributed by atoms with Crippen LogP contribution in [0.4, 0.5) is 0 Å². The van der Waals surface area contributed by atoms with Crippen LogP contribution in [0.3, 0.4) is 0 Å². The van der Waals surface area contributed by atoms with Crippen LogP contribution < -0.4 is 5.32 Å². The number of aromatic nitrogens is 2. The minimum absolute atomic E-state index is 0.0590. The lowest BCUT2D eigenvalue weighted by Crippen LogP contribution is -2.24. The maximum atomic E-state index is 12.4. The number of Topliss-reactive ketones (excluding diaryl/α,β-unsaturated/α-hetero) is 1. The van der Waals surface area contributed by atoms with Crippen molar-refractivity contribution in [1.82, 2.24) is 15.1 Å². The molecule has 0 aliphatic carbocycles. The average molecular weight is 367 g/mol. The van der Waals surface area contributed by atoms with Crippen LogP contribution in [-0.4, -0.2) is 28.0 Å². The molecule has 2 aromatic heterocycles. The van der Waals surface area contributed by atoms with Crippen LogP contribution in [0.2, 0.25) is 0 Å². The maximum Gasteiger partial charge on any atom is 0.251 e. The molecule has 0 saturated carbocycles. The van der Waals surface area contributed by atoms with Gasteiger partial charge in [0.15, 0.2) is 5.78 Å². The standard InChI is InChI=1S/C20H21N3O2S/c1-14(24)18-8-9-19(26-18)16-6-3-7-17(11-16)20(25)21-10-4-5-15-12-22-23(2)13-15/h3,6-9,11-13H,4-5,10H2,1-2H3,(H,21,25). The molecule has 134 valence electrons. The number of thiophene rings is 1. The first-order valence-corrected chi connectivity index (χ1v) is 9.31. The number of hydrogen-bond donors (Lipinski definition) is 1. The van der Waals surface area contributed by atoms with Gasteiger partial charge in [-0.3, -0.25) is 14.3 Å². The van der Waals surface area contributed by atoms with Crippen molar-refractivity contribution in [3.8, 4) is 10.4 Å². The van der Waals surface area contributed by atoms with Crippen LogP contribution in [-0.2, 0) is 13.5 Å². The van der Waals surface area contributed by atoms with Crippen molar-refractivity contribution in [3.05, 3.63) is 64.8 Å². The van der Waals surface area contributed by atoms with E-state index in [2.05, 4.69) is 10.4 Å². The number of nitrogens with one attached hydrogen (secondary N) is 1. The van der Waals surface area contributed by atoms with Gasteiger partial charge in [0.25, 0.3) is 5.91 Å². The molecule has 0 aliphatic rings. The Morgan fingerprint density at radius 3 is 2.77 bits per heavy atom. The molecule has 5 nitrogen and oxygen atoms in total. The zero-order valence-corrected chi connectivity index (χ0v) is 15.7. The Hall–Kier alpha value is -2.73. The van der Waals surface area contributed by atoms with E-state index in [1.54, 1.807) is 17.7 Å². The smallest absolute Gasteiger partial charge is 0.251 e. The van der Waals surface area contributed by atoms with E-state index in [1.807, 2.05) is 49.8 Å². The summed E-state index contributed by atoms with van der Waals surface area (Å²) in [5.74, 6) is -0.0230. The largest absolute Gasteiger partial charge is 0.352 e. The number of rotatable bonds is 7. The van der Waals surface area contributed by atoms with Crippen molar-refractivity contribution < 1.29 is 9.59 Å². The Labute approximate surface area is 156 Å². The molecule has 26 heavy (non-hydrogen) atoms. The van der Waals surface area contributed by atoms with Crippen molar-refractivity contribution in [1.29, 1.82) is 0 Å². The third-order valence-corrected chi connectivity index (χ3v) is 5.28. The van der Waals surface area contributed by atoms with Gasteiger partial charge >= 0.3 is 0 Å². The molecule has 0 unspecified atom stereocenters. The van der Waals surface area contributed by atoms with Crippen molar-refractivity contribution in [2.45, 2.75) is 19.8 Å². The summed E-state index contributed by atoms with van der Waals surface area (Å²) in [7, 11) is 1.89. The van der Waals surface area contributed by atoms with Crippen molar-refractivity contribution in [2.24, 2.45) is 7.05 Å². The van der Waals surface area contributed by atoms with Crippen LogP contribution in [0.25, 0.3) is 10.4 Å². The highest BCUT2D eigenvalue weighted by Gasteiger charge is 2.10. The summed E-state index contributed by atoms with van der Waals surface area (Å²) < 4.78 is 1.78. The quantitative estimate of drug-likeness (QED) is 0.511. The summed E-state index contributed by atoms with van der Waals surface area (Å²) in [5.41, 5.74) is 2.75. The first-order chi connectivity index (χ1) is 12.5. The van der Waals surface area contributed by atoms with Gasteiger partial charge in [-0.25, -0.2) is 0 Å². The summed E-state index contributed by atoms with van der Waals surface area (Å²) in [6.07, 6.45) is 5.59. The van der Waals surface area contributed by atoms with E-state index in [0.29, 0.717) is 12.1 Å². The third kappa shape index (κ3) is 4.46. The molecule has 0 radical (unpaired) electrons. The van der Waals surface area contributed by atoms with E-state index < -0.39 is 0 Å². The second-order valence-electron chi connectivity index (χ2n) is 6.18. The highest BCUT2D eigenvalue weighted by atomic mass is 32.1. The molecule has 0 atom stereocenters. The number of benzene rings is 1. The van der Waals surface area contributed by atoms with Gasteiger partial charge in [-0.2, -0.15) is 5.10 Å². The molecule has 1 amide bonds. The molecule has 0 bridgehead atoms. The van der Waals surface area contributed by atoms with E-state index in [0.717, 1.165) is 28.2 Å². The topological polar surface area (TPSA) is 64.0 Å². The number of nitrogens with zero attached hydrogens (tertiary/aromatic N) is 2. The number of amides is 1. The SMILES string of the molecule is CC(=O)c1ccc(-c2cccc(C(=O)NCCCc3cnn(C)c3)c2)s1. The average Bonchev–Trinajstić information content (AvgIpc) is 3.28. The van der Waals surface area contributed by atoms with Gasteiger partial charge in [-0.05, 0) is 55.2 Å². The maximum absolute atomic E-state index is 12.4. The Balaban J connectivity index is 1.58. The Bertz CT molecular complexity index is 927. The number of carbonyl (C=O) groups excluding carboxylic acids is 2. The predicted octanol–water partition coefficient (Wildman–Crippen LogP) is 3.71. The van der Waals surface area contributed by atoms with E-state index >= 15 is 0 Å². The number of aryl methyl sites for hydroxylation is 2. The molecule has 1 aromatic carbocycles. The first-order valence-electron chi connectivity index (χ1n) is 8.50.